The van der Waals surface area contributed by atoms with Crippen LogP contribution in [0.1, 0.15) is 18.1 Å². The van der Waals surface area contributed by atoms with E-state index >= 15 is 0 Å². The van der Waals surface area contributed by atoms with Crippen LogP contribution in [0.4, 0.5) is 11.4 Å². The Morgan fingerprint density at radius 1 is 1.26 bits per heavy atom. The van der Waals surface area contributed by atoms with Crippen molar-refractivity contribution in [2.75, 3.05) is 5.73 Å². The number of aryl methyl sites for hydroxylation is 1. The van der Waals surface area contributed by atoms with Crippen LogP contribution in [0.25, 0.3) is 0 Å². The summed E-state index contributed by atoms with van der Waals surface area (Å²) >= 11 is 0. The molecule has 0 amide bonds. The molecule has 1 heterocycles. The maximum Gasteiger partial charge on any atom is 0.261 e. The number of nitrogens with one attached hydrogen (secondary N) is 1. The number of aromatic amines is 1. The third kappa shape index (κ3) is 2.82. The van der Waals surface area contributed by atoms with Gasteiger partial charge in [-0.05, 0) is 30.2 Å². The van der Waals surface area contributed by atoms with Gasteiger partial charge in [-0.15, -0.1) is 0 Å². The molecular weight excluding hydrogens is 240 g/mol. The zero-order valence-electron chi connectivity index (χ0n) is 10.7. The van der Waals surface area contributed by atoms with Crippen molar-refractivity contribution in [3.05, 3.63) is 58.0 Å². The predicted molar refractivity (Wildman–Crippen MR) is 77.7 cm³/mol. The highest BCUT2D eigenvalue weighted by atomic mass is 16.1. The first kappa shape index (κ1) is 12.9. The number of anilines is 1. The Morgan fingerprint density at radius 3 is 2.53 bits per heavy atom. The molecule has 2 rings (SSSR count). The second-order valence-electron chi connectivity index (χ2n) is 4.15. The van der Waals surface area contributed by atoms with Gasteiger partial charge in [0.25, 0.3) is 5.56 Å². The summed E-state index contributed by atoms with van der Waals surface area (Å²) in [5.74, 6) is 0.114. The van der Waals surface area contributed by atoms with Crippen molar-refractivity contribution in [2.24, 2.45) is 10.7 Å². The minimum Gasteiger partial charge on any atom is -0.398 e. The van der Waals surface area contributed by atoms with Crippen LogP contribution in [-0.2, 0) is 6.42 Å². The topological polar surface area (TPSA) is 97.3 Å². The second-order valence-corrected chi connectivity index (χ2v) is 4.15. The standard InChI is InChI=1S/C14H16N4O/c1-2-9-3-5-10(6-4-9)18-13(16)12-11(15)7-8-17-14(12)19/h3-8H,2H2,1H3,(H2,16,18)(H3,15,17,19). The third-order valence-electron chi connectivity index (χ3n) is 2.84. The molecule has 0 aliphatic carbocycles. The quantitative estimate of drug-likeness (QED) is 0.574. The fourth-order valence-corrected chi connectivity index (χ4v) is 1.76. The van der Waals surface area contributed by atoms with Crippen molar-refractivity contribution >= 4 is 17.2 Å². The molecule has 0 aliphatic rings. The lowest BCUT2D eigenvalue weighted by Gasteiger charge is -2.04. The second kappa shape index (κ2) is 5.39. The SMILES string of the molecule is CCc1ccc(N=C(N)c2c(N)cc[nH]c2=O)cc1. The van der Waals surface area contributed by atoms with E-state index in [0.29, 0.717) is 11.4 Å². The molecule has 0 saturated heterocycles. The van der Waals surface area contributed by atoms with Crippen molar-refractivity contribution in [3.8, 4) is 0 Å². The van der Waals surface area contributed by atoms with Gasteiger partial charge in [0.05, 0.1) is 5.69 Å². The minimum absolute atomic E-state index is 0.114. The van der Waals surface area contributed by atoms with E-state index < -0.39 is 0 Å². The van der Waals surface area contributed by atoms with Crippen molar-refractivity contribution in [2.45, 2.75) is 13.3 Å². The average molecular weight is 256 g/mol. The van der Waals surface area contributed by atoms with E-state index in [1.54, 1.807) is 6.07 Å². The van der Waals surface area contributed by atoms with Crippen molar-refractivity contribution < 1.29 is 0 Å². The van der Waals surface area contributed by atoms with E-state index in [-0.39, 0.29) is 17.0 Å². The van der Waals surface area contributed by atoms with Crippen LogP contribution in [-0.4, -0.2) is 10.8 Å². The van der Waals surface area contributed by atoms with Gasteiger partial charge in [0, 0.05) is 11.9 Å². The number of nitrogens with two attached hydrogens (primary N) is 2. The van der Waals surface area contributed by atoms with Gasteiger partial charge in [-0.1, -0.05) is 19.1 Å². The van der Waals surface area contributed by atoms with E-state index in [4.69, 9.17) is 11.5 Å². The first-order valence-electron chi connectivity index (χ1n) is 6.02. The molecular formula is C14H16N4O. The molecule has 2 aromatic rings. The largest absolute Gasteiger partial charge is 0.398 e. The Balaban J connectivity index is 2.39. The van der Waals surface area contributed by atoms with Crippen molar-refractivity contribution in [1.82, 2.24) is 4.98 Å². The fraction of sp³-hybridized carbons (Fsp3) is 0.143. The van der Waals surface area contributed by atoms with E-state index in [1.807, 2.05) is 24.3 Å². The Bertz CT molecular complexity index is 656. The average Bonchev–Trinajstić information content (AvgIpc) is 2.39. The molecule has 1 aromatic heterocycles. The van der Waals surface area contributed by atoms with Crippen LogP contribution >= 0.6 is 0 Å². The molecule has 98 valence electrons. The molecule has 0 radical (unpaired) electrons. The van der Waals surface area contributed by atoms with Crippen LogP contribution in [0.2, 0.25) is 0 Å². The zero-order chi connectivity index (χ0) is 13.8. The first-order chi connectivity index (χ1) is 9.11. The number of rotatable bonds is 3. The number of H-pyrrole nitrogens is 1. The number of aromatic nitrogens is 1. The molecule has 19 heavy (non-hydrogen) atoms. The van der Waals surface area contributed by atoms with Gasteiger partial charge in [0.2, 0.25) is 0 Å². The molecule has 5 nitrogen and oxygen atoms in total. The Morgan fingerprint density at radius 2 is 1.95 bits per heavy atom. The third-order valence-corrected chi connectivity index (χ3v) is 2.84. The molecule has 0 bridgehead atoms. The number of benzene rings is 1. The summed E-state index contributed by atoms with van der Waals surface area (Å²) in [6.07, 6.45) is 2.44. The highest BCUT2D eigenvalue weighted by molar-refractivity contribution is 6.02. The molecule has 0 spiro atoms. The molecule has 0 fully saturated rings. The van der Waals surface area contributed by atoms with Crippen LogP contribution in [0.5, 0.6) is 0 Å². The summed E-state index contributed by atoms with van der Waals surface area (Å²) in [5.41, 5.74) is 13.7. The van der Waals surface area contributed by atoms with E-state index in [1.165, 1.54) is 11.8 Å². The monoisotopic (exact) mass is 256 g/mol. The van der Waals surface area contributed by atoms with Gasteiger partial charge < -0.3 is 16.5 Å². The molecule has 0 saturated carbocycles. The molecule has 5 N–H and O–H groups in total. The number of amidine groups is 1. The van der Waals surface area contributed by atoms with Gasteiger partial charge in [-0.3, -0.25) is 4.79 Å². The van der Waals surface area contributed by atoms with Crippen molar-refractivity contribution in [3.63, 3.8) is 0 Å². The number of hydrogen-bond acceptors (Lipinski definition) is 3. The van der Waals surface area contributed by atoms with E-state index in [0.717, 1.165) is 6.42 Å². The van der Waals surface area contributed by atoms with Gasteiger partial charge in [-0.2, -0.15) is 0 Å². The lowest BCUT2D eigenvalue weighted by atomic mass is 10.1. The van der Waals surface area contributed by atoms with Crippen LogP contribution < -0.4 is 17.0 Å². The van der Waals surface area contributed by atoms with Gasteiger partial charge in [0.15, 0.2) is 0 Å². The number of aliphatic imine (C=N–C) groups is 1. The normalized spacial score (nSPS) is 11.5. The number of nitrogen functional groups attached to an aromatic ring is 1. The first-order valence-corrected chi connectivity index (χ1v) is 6.02. The highest BCUT2D eigenvalue weighted by Gasteiger charge is 2.08. The van der Waals surface area contributed by atoms with Crippen LogP contribution in [0.15, 0.2) is 46.3 Å². The highest BCUT2D eigenvalue weighted by Crippen LogP contribution is 2.15. The predicted octanol–water partition coefficient (Wildman–Crippen LogP) is 1.56. The van der Waals surface area contributed by atoms with E-state index in [9.17, 15) is 4.79 Å². The van der Waals surface area contributed by atoms with Crippen LogP contribution in [0, 0.1) is 0 Å². The Kier molecular flexibility index (Phi) is 3.66. The smallest absolute Gasteiger partial charge is 0.261 e. The molecule has 1 aromatic carbocycles. The number of pyridine rings is 1. The summed E-state index contributed by atoms with van der Waals surface area (Å²) < 4.78 is 0. The van der Waals surface area contributed by atoms with E-state index in [2.05, 4.69) is 16.9 Å². The number of nitrogens with zero attached hydrogens (tertiary/aromatic N) is 1. The lowest BCUT2D eigenvalue weighted by Crippen LogP contribution is -2.25. The maximum absolute atomic E-state index is 11.7. The van der Waals surface area contributed by atoms with Gasteiger partial charge in [-0.25, -0.2) is 4.99 Å². The summed E-state index contributed by atoms with van der Waals surface area (Å²) in [4.78, 5) is 18.4. The molecule has 0 unspecified atom stereocenters. The zero-order valence-corrected chi connectivity index (χ0v) is 10.7. The van der Waals surface area contributed by atoms with Crippen molar-refractivity contribution in [1.29, 1.82) is 0 Å². The van der Waals surface area contributed by atoms with Gasteiger partial charge in [0.1, 0.15) is 11.4 Å². The van der Waals surface area contributed by atoms with Crippen LogP contribution in [0.3, 0.4) is 0 Å². The summed E-state index contributed by atoms with van der Waals surface area (Å²) in [6, 6.07) is 9.26. The Labute approximate surface area is 111 Å². The molecule has 5 heteroatoms. The fourth-order valence-electron chi connectivity index (χ4n) is 1.76. The summed E-state index contributed by atoms with van der Waals surface area (Å²) in [5, 5.41) is 0. The minimum atomic E-state index is -0.341. The molecule has 0 aliphatic heterocycles. The molecule has 0 atom stereocenters. The summed E-state index contributed by atoms with van der Waals surface area (Å²) in [7, 11) is 0. The maximum atomic E-state index is 11.7. The lowest BCUT2D eigenvalue weighted by molar-refractivity contribution is 1.14. The Hall–Kier alpha value is -2.56. The number of hydrogen-bond donors (Lipinski definition) is 3. The summed E-state index contributed by atoms with van der Waals surface area (Å²) in [6.45, 7) is 2.08. The van der Waals surface area contributed by atoms with Gasteiger partial charge >= 0.3 is 0 Å².